The highest BCUT2D eigenvalue weighted by Gasteiger charge is 2.08. The molecule has 4 heteroatoms. The van der Waals surface area contributed by atoms with E-state index in [-0.39, 0.29) is 5.97 Å². The third-order valence-corrected chi connectivity index (χ3v) is 2.77. The maximum absolute atomic E-state index is 11.2. The van der Waals surface area contributed by atoms with Crippen molar-refractivity contribution in [3.05, 3.63) is 34.3 Å². The fraction of sp³-hybridized carbons (Fsp3) is 0.462. The Hall–Kier alpha value is -1.06. The van der Waals surface area contributed by atoms with Gasteiger partial charge in [-0.15, -0.1) is 0 Å². The van der Waals surface area contributed by atoms with Crippen molar-refractivity contribution in [2.75, 3.05) is 6.61 Å². The predicted octanol–water partition coefficient (Wildman–Crippen LogP) is 2.89. The van der Waals surface area contributed by atoms with Crippen molar-refractivity contribution in [1.82, 2.24) is 0 Å². The van der Waals surface area contributed by atoms with Crippen LogP contribution in [0.3, 0.4) is 0 Å². The van der Waals surface area contributed by atoms with Crippen LogP contribution < -0.4 is 0 Å². The summed E-state index contributed by atoms with van der Waals surface area (Å²) in [6, 6.07) is 5.43. The zero-order valence-corrected chi connectivity index (χ0v) is 10.8. The van der Waals surface area contributed by atoms with Crippen LogP contribution in [-0.2, 0) is 16.0 Å². The van der Waals surface area contributed by atoms with Crippen LogP contribution in [-0.4, -0.2) is 17.7 Å². The second-order valence-corrected chi connectivity index (χ2v) is 4.24. The molecule has 0 heterocycles. The van der Waals surface area contributed by atoms with E-state index in [4.69, 9.17) is 16.3 Å². The minimum Gasteiger partial charge on any atom is -0.466 e. The molecule has 0 saturated carbocycles. The number of benzene rings is 1. The first kappa shape index (κ1) is 14.0. The Kier molecular flexibility index (Phi) is 5.45. The van der Waals surface area contributed by atoms with Crippen LogP contribution in [0.2, 0.25) is 5.02 Å². The van der Waals surface area contributed by atoms with Crippen LogP contribution in [0.25, 0.3) is 0 Å². The topological polar surface area (TPSA) is 46.5 Å². The van der Waals surface area contributed by atoms with Gasteiger partial charge in [0.2, 0.25) is 0 Å². The minimum atomic E-state index is -0.582. The van der Waals surface area contributed by atoms with E-state index in [1.165, 1.54) is 0 Å². The molecule has 0 radical (unpaired) electrons. The summed E-state index contributed by atoms with van der Waals surface area (Å²) in [5, 5.41) is 9.95. The number of hydrogen-bond acceptors (Lipinski definition) is 3. The van der Waals surface area contributed by atoms with Gasteiger partial charge in [-0.25, -0.2) is 0 Å². The van der Waals surface area contributed by atoms with Crippen LogP contribution in [0.5, 0.6) is 0 Å². The number of aliphatic hydroxyl groups is 1. The monoisotopic (exact) mass is 256 g/mol. The summed E-state index contributed by atoms with van der Waals surface area (Å²) in [5.74, 6) is -0.205. The fourth-order valence-corrected chi connectivity index (χ4v) is 1.91. The number of aryl methyl sites for hydroxylation is 1. The molecule has 0 saturated heterocycles. The quantitative estimate of drug-likeness (QED) is 0.824. The van der Waals surface area contributed by atoms with Crippen LogP contribution >= 0.6 is 11.6 Å². The van der Waals surface area contributed by atoms with Gasteiger partial charge < -0.3 is 9.84 Å². The van der Waals surface area contributed by atoms with Gasteiger partial charge in [0.05, 0.1) is 12.7 Å². The molecule has 0 aliphatic heterocycles. The molecular weight excluding hydrogens is 240 g/mol. The summed E-state index contributed by atoms with van der Waals surface area (Å²) >= 11 is 6.02. The van der Waals surface area contributed by atoms with E-state index in [0.29, 0.717) is 30.0 Å². The Morgan fingerprint density at radius 2 is 2.24 bits per heavy atom. The van der Waals surface area contributed by atoms with Crippen molar-refractivity contribution >= 4 is 17.6 Å². The van der Waals surface area contributed by atoms with E-state index >= 15 is 0 Å². The Labute approximate surface area is 106 Å². The molecular formula is C13H17ClO3. The molecule has 0 unspecified atom stereocenters. The molecule has 0 spiro atoms. The van der Waals surface area contributed by atoms with Crippen molar-refractivity contribution in [2.45, 2.75) is 32.8 Å². The number of aliphatic hydroxyl groups excluding tert-OH is 1. The molecule has 0 bridgehead atoms. The Balaban J connectivity index is 2.62. The summed E-state index contributed by atoms with van der Waals surface area (Å²) in [5.41, 5.74) is 1.67. The largest absolute Gasteiger partial charge is 0.466 e. The lowest BCUT2D eigenvalue weighted by molar-refractivity contribution is -0.143. The average Bonchev–Trinajstić information content (AvgIpc) is 2.26. The second-order valence-electron chi connectivity index (χ2n) is 3.84. The first-order chi connectivity index (χ1) is 8.04. The number of hydrogen-bond donors (Lipinski definition) is 1. The first-order valence-electron chi connectivity index (χ1n) is 5.66. The Morgan fingerprint density at radius 1 is 1.53 bits per heavy atom. The maximum Gasteiger partial charge on any atom is 0.306 e. The minimum absolute atomic E-state index is 0.205. The molecule has 0 fully saturated rings. The van der Waals surface area contributed by atoms with Gasteiger partial charge in [0.15, 0.2) is 0 Å². The zero-order chi connectivity index (χ0) is 12.8. The number of halogens is 1. The van der Waals surface area contributed by atoms with Gasteiger partial charge >= 0.3 is 5.97 Å². The van der Waals surface area contributed by atoms with Crippen LogP contribution in [0.15, 0.2) is 18.2 Å². The molecule has 17 heavy (non-hydrogen) atoms. The lowest BCUT2D eigenvalue weighted by atomic mass is 10.0. The number of esters is 1. The Bertz CT molecular complexity index is 388. The van der Waals surface area contributed by atoms with Crippen LogP contribution in [0, 0.1) is 0 Å². The molecule has 0 aliphatic carbocycles. The average molecular weight is 257 g/mol. The van der Waals surface area contributed by atoms with E-state index in [1.54, 1.807) is 26.0 Å². The lowest BCUT2D eigenvalue weighted by Gasteiger charge is -2.09. The fourth-order valence-electron chi connectivity index (χ4n) is 1.54. The molecule has 0 aliphatic rings. The SMILES string of the molecule is CCOC(=O)CCc1ccc([C@H](C)O)c(Cl)c1. The molecule has 94 valence electrons. The zero-order valence-electron chi connectivity index (χ0n) is 10.1. The lowest BCUT2D eigenvalue weighted by Crippen LogP contribution is -2.05. The van der Waals surface area contributed by atoms with Crippen LogP contribution in [0.4, 0.5) is 0 Å². The second kappa shape index (κ2) is 6.62. The highest BCUT2D eigenvalue weighted by molar-refractivity contribution is 6.31. The van der Waals surface area contributed by atoms with Gasteiger partial charge in [0, 0.05) is 11.4 Å². The third kappa shape index (κ3) is 4.36. The van der Waals surface area contributed by atoms with Gasteiger partial charge in [-0.05, 0) is 37.5 Å². The van der Waals surface area contributed by atoms with Gasteiger partial charge in [0.1, 0.15) is 0 Å². The van der Waals surface area contributed by atoms with Crippen molar-refractivity contribution in [1.29, 1.82) is 0 Å². The third-order valence-electron chi connectivity index (χ3n) is 2.44. The predicted molar refractivity (Wildman–Crippen MR) is 67.0 cm³/mol. The number of ether oxygens (including phenoxy) is 1. The van der Waals surface area contributed by atoms with Gasteiger partial charge in [0.25, 0.3) is 0 Å². The number of rotatable bonds is 5. The highest BCUT2D eigenvalue weighted by Crippen LogP contribution is 2.24. The molecule has 3 nitrogen and oxygen atoms in total. The van der Waals surface area contributed by atoms with E-state index in [1.807, 2.05) is 6.07 Å². The highest BCUT2D eigenvalue weighted by atomic mass is 35.5. The standard InChI is InChI=1S/C13H17ClO3/c1-3-17-13(16)7-5-10-4-6-11(9(2)15)12(14)8-10/h4,6,8-9,15H,3,5,7H2,1-2H3/t9-/m0/s1. The van der Waals surface area contributed by atoms with E-state index in [9.17, 15) is 9.90 Å². The number of carbonyl (C=O) groups excluding carboxylic acids is 1. The Morgan fingerprint density at radius 3 is 2.76 bits per heavy atom. The van der Waals surface area contributed by atoms with Crippen molar-refractivity contribution < 1.29 is 14.6 Å². The molecule has 0 amide bonds. The molecule has 1 aromatic rings. The summed E-state index contributed by atoms with van der Waals surface area (Å²) in [6.45, 7) is 3.85. The smallest absolute Gasteiger partial charge is 0.306 e. The molecule has 1 aromatic carbocycles. The van der Waals surface area contributed by atoms with Crippen molar-refractivity contribution in [2.24, 2.45) is 0 Å². The molecule has 1 rings (SSSR count). The van der Waals surface area contributed by atoms with Crippen molar-refractivity contribution in [3.63, 3.8) is 0 Å². The molecule has 1 atom stereocenters. The normalized spacial score (nSPS) is 12.2. The van der Waals surface area contributed by atoms with Gasteiger partial charge in [-0.3, -0.25) is 4.79 Å². The van der Waals surface area contributed by atoms with Gasteiger partial charge in [-0.1, -0.05) is 23.7 Å². The molecule has 1 N–H and O–H groups in total. The first-order valence-corrected chi connectivity index (χ1v) is 6.04. The van der Waals surface area contributed by atoms with E-state index < -0.39 is 6.10 Å². The summed E-state index contributed by atoms with van der Waals surface area (Å²) in [4.78, 5) is 11.2. The van der Waals surface area contributed by atoms with Gasteiger partial charge in [-0.2, -0.15) is 0 Å². The van der Waals surface area contributed by atoms with E-state index in [2.05, 4.69) is 0 Å². The summed E-state index contributed by atoms with van der Waals surface area (Å²) < 4.78 is 4.84. The summed E-state index contributed by atoms with van der Waals surface area (Å²) in [6.07, 6.45) is 0.359. The van der Waals surface area contributed by atoms with Crippen molar-refractivity contribution in [3.8, 4) is 0 Å². The number of carbonyl (C=O) groups is 1. The summed E-state index contributed by atoms with van der Waals surface area (Å²) in [7, 11) is 0. The van der Waals surface area contributed by atoms with E-state index in [0.717, 1.165) is 5.56 Å². The maximum atomic E-state index is 11.2. The van der Waals surface area contributed by atoms with Crippen LogP contribution in [0.1, 0.15) is 37.5 Å². The molecule has 0 aromatic heterocycles.